The summed E-state index contributed by atoms with van der Waals surface area (Å²) in [6.07, 6.45) is 0. The highest BCUT2D eigenvalue weighted by Gasteiger charge is 2.38. The standard InChI is InChI=1S/C20H22F2N2O2/c1-26-13-23-20(25)17-12-24(10-14-5-3-2-4-6-14)11-16(17)15-7-8-18(21)19(22)9-15/h2-9,16-17H,10-13H2,1H3,(H,23,25)/t16-,17+/m1/s1. The van der Waals surface area contributed by atoms with Gasteiger partial charge in [-0.15, -0.1) is 0 Å². The molecule has 1 aliphatic rings. The highest BCUT2D eigenvalue weighted by atomic mass is 19.2. The number of nitrogens with zero attached hydrogens (tertiary/aromatic N) is 1. The van der Waals surface area contributed by atoms with Crippen molar-refractivity contribution in [2.24, 2.45) is 5.92 Å². The summed E-state index contributed by atoms with van der Waals surface area (Å²) < 4.78 is 31.9. The molecule has 2 aromatic rings. The molecule has 0 bridgehead atoms. The fraction of sp³-hybridized carbons (Fsp3) is 0.350. The molecule has 2 aromatic carbocycles. The molecule has 1 fully saturated rings. The van der Waals surface area contributed by atoms with Crippen LogP contribution in [0.2, 0.25) is 0 Å². The number of hydrogen-bond donors (Lipinski definition) is 1. The van der Waals surface area contributed by atoms with E-state index in [0.717, 1.165) is 11.6 Å². The molecule has 1 saturated heterocycles. The van der Waals surface area contributed by atoms with Crippen molar-refractivity contribution in [2.75, 3.05) is 26.9 Å². The number of carbonyl (C=O) groups is 1. The van der Waals surface area contributed by atoms with Crippen LogP contribution in [0.5, 0.6) is 0 Å². The summed E-state index contributed by atoms with van der Waals surface area (Å²) in [5, 5.41) is 2.73. The Hall–Kier alpha value is -2.31. The average Bonchev–Trinajstić information content (AvgIpc) is 3.06. The smallest absolute Gasteiger partial charge is 0.226 e. The average molecular weight is 360 g/mol. The van der Waals surface area contributed by atoms with Gasteiger partial charge < -0.3 is 10.1 Å². The molecular weight excluding hydrogens is 338 g/mol. The van der Waals surface area contributed by atoms with Crippen molar-refractivity contribution in [3.05, 3.63) is 71.3 Å². The fourth-order valence-corrected chi connectivity index (χ4v) is 3.48. The van der Waals surface area contributed by atoms with Gasteiger partial charge in [0.1, 0.15) is 6.73 Å². The number of hydrogen-bond acceptors (Lipinski definition) is 3. The second-order valence-corrected chi connectivity index (χ2v) is 6.54. The van der Waals surface area contributed by atoms with Crippen molar-refractivity contribution in [1.82, 2.24) is 10.2 Å². The molecule has 1 amide bonds. The first-order valence-electron chi connectivity index (χ1n) is 8.56. The van der Waals surface area contributed by atoms with E-state index >= 15 is 0 Å². The van der Waals surface area contributed by atoms with E-state index in [2.05, 4.69) is 10.2 Å². The summed E-state index contributed by atoms with van der Waals surface area (Å²) >= 11 is 0. The molecule has 6 heteroatoms. The zero-order chi connectivity index (χ0) is 18.5. The zero-order valence-corrected chi connectivity index (χ0v) is 14.6. The molecule has 1 aliphatic heterocycles. The first-order valence-corrected chi connectivity index (χ1v) is 8.56. The molecule has 0 spiro atoms. The summed E-state index contributed by atoms with van der Waals surface area (Å²) in [6.45, 7) is 1.98. The van der Waals surface area contributed by atoms with Gasteiger partial charge in [0, 0.05) is 32.7 Å². The number of amides is 1. The number of rotatable bonds is 6. The number of ether oxygens (including phenoxy) is 1. The second-order valence-electron chi connectivity index (χ2n) is 6.54. The summed E-state index contributed by atoms with van der Waals surface area (Å²) in [5.74, 6) is -2.46. The van der Waals surface area contributed by atoms with E-state index in [4.69, 9.17) is 4.74 Å². The van der Waals surface area contributed by atoms with E-state index in [-0.39, 0.29) is 24.5 Å². The van der Waals surface area contributed by atoms with Crippen LogP contribution in [0.1, 0.15) is 17.0 Å². The maximum atomic E-state index is 13.7. The summed E-state index contributed by atoms with van der Waals surface area (Å²) in [4.78, 5) is 14.7. The van der Waals surface area contributed by atoms with Gasteiger partial charge in [-0.25, -0.2) is 8.78 Å². The van der Waals surface area contributed by atoms with E-state index in [1.165, 1.54) is 13.2 Å². The monoisotopic (exact) mass is 360 g/mol. The van der Waals surface area contributed by atoms with Crippen LogP contribution in [0, 0.1) is 17.6 Å². The largest absolute Gasteiger partial charge is 0.364 e. The molecule has 1 N–H and O–H groups in total. The number of benzene rings is 2. The lowest BCUT2D eigenvalue weighted by molar-refractivity contribution is -0.126. The Kier molecular flexibility index (Phi) is 5.96. The molecule has 2 atom stereocenters. The quantitative estimate of drug-likeness (QED) is 0.806. The summed E-state index contributed by atoms with van der Waals surface area (Å²) in [7, 11) is 1.50. The number of likely N-dealkylation sites (tertiary alicyclic amines) is 1. The van der Waals surface area contributed by atoms with Crippen LogP contribution in [-0.2, 0) is 16.1 Å². The van der Waals surface area contributed by atoms with Crippen molar-refractivity contribution in [1.29, 1.82) is 0 Å². The van der Waals surface area contributed by atoms with Gasteiger partial charge in [-0.3, -0.25) is 9.69 Å². The lowest BCUT2D eigenvalue weighted by Crippen LogP contribution is -2.35. The van der Waals surface area contributed by atoms with Crippen LogP contribution in [0.25, 0.3) is 0 Å². The molecular formula is C20H22F2N2O2. The number of methoxy groups -OCH3 is 1. The van der Waals surface area contributed by atoms with Crippen molar-refractivity contribution < 1.29 is 18.3 Å². The van der Waals surface area contributed by atoms with Gasteiger partial charge in [-0.05, 0) is 23.3 Å². The Labute approximate surface area is 151 Å². The van der Waals surface area contributed by atoms with Crippen molar-refractivity contribution in [2.45, 2.75) is 12.5 Å². The predicted octanol–water partition coefficient (Wildman–Crippen LogP) is 2.90. The molecule has 138 valence electrons. The van der Waals surface area contributed by atoms with E-state index in [1.807, 2.05) is 30.3 Å². The molecule has 1 heterocycles. The van der Waals surface area contributed by atoms with Gasteiger partial charge in [0.25, 0.3) is 0 Å². The molecule has 0 radical (unpaired) electrons. The van der Waals surface area contributed by atoms with E-state index in [9.17, 15) is 13.6 Å². The Bertz CT molecular complexity index is 755. The molecule has 0 aliphatic carbocycles. The van der Waals surface area contributed by atoms with Crippen LogP contribution in [0.3, 0.4) is 0 Å². The first kappa shape index (κ1) is 18.5. The second kappa shape index (κ2) is 8.38. The van der Waals surface area contributed by atoms with Gasteiger partial charge in [-0.2, -0.15) is 0 Å². The van der Waals surface area contributed by atoms with Crippen molar-refractivity contribution in [3.8, 4) is 0 Å². The molecule has 0 aromatic heterocycles. The van der Waals surface area contributed by atoms with E-state index in [1.54, 1.807) is 6.07 Å². The lowest BCUT2D eigenvalue weighted by Gasteiger charge is -2.18. The van der Waals surface area contributed by atoms with Crippen LogP contribution in [0.15, 0.2) is 48.5 Å². The Morgan fingerprint density at radius 1 is 1.15 bits per heavy atom. The Morgan fingerprint density at radius 2 is 1.92 bits per heavy atom. The number of nitrogens with one attached hydrogen (secondary N) is 1. The van der Waals surface area contributed by atoms with E-state index in [0.29, 0.717) is 25.2 Å². The molecule has 4 nitrogen and oxygen atoms in total. The van der Waals surface area contributed by atoms with Gasteiger partial charge >= 0.3 is 0 Å². The zero-order valence-electron chi connectivity index (χ0n) is 14.6. The topological polar surface area (TPSA) is 41.6 Å². The summed E-state index contributed by atoms with van der Waals surface area (Å²) in [6, 6.07) is 13.8. The van der Waals surface area contributed by atoms with Gasteiger partial charge in [0.2, 0.25) is 5.91 Å². The van der Waals surface area contributed by atoms with Gasteiger partial charge in [-0.1, -0.05) is 36.4 Å². The Morgan fingerprint density at radius 3 is 2.62 bits per heavy atom. The van der Waals surface area contributed by atoms with Crippen LogP contribution < -0.4 is 5.32 Å². The maximum Gasteiger partial charge on any atom is 0.226 e. The third kappa shape index (κ3) is 4.26. The normalized spacial score (nSPS) is 20.3. The molecule has 0 unspecified atom stereocenters. The molecule has 0 saturated carbocycles. The minimum atomic E-state index is -0.889. The highest BCUT2D eigenvalue weighted by molar-refractivity contribution is 5.80. The minimum Gasteiger partial charge on any atom is -0.364 e. The highest BCUT2D eigenvalue weighted by Crippen LogP contribution is 2.34. The van der Waals surface area contributed by atoms with Crippen molar-refractivity contribution >= 4 is 5.91 Å². The fourth-order valence-electron chi connectivity index (χ4n) is 3.48. The van der Waals surface area contributed by atoms with Crippen LogP contribution in [0.4, 0.5) is 8.78 Å². The first-order chi connectivity index (χ1) is 12.6. The number of halogens is 2. The third-order valence-corrected chi connectivity index (χ3v) is 4.74. The minimum absolute atomic E-state index is 0.124. The SMILES string of the molecule is COCNC(=O)[C@H]1CN(Cc2ccccc2)C[C@@H]1c1ccc(F)c(F)c1. The van der Waals surface area contributed by atoms with Crippen LogP contribution in [-0.4, -0.2) is 37.7 Å². The molecule has 3 rings (SSSR count). The molecule has 26 heavy (non-hydrogen) atoms. The van der Waals surface area contributed by atoms with E-state index < -0.39 is 11.6 Å². The van der Waals surface area contributed by atoms with Crippen LogP contribution >= 0.6 is 0 Å². The van der Waals surface area contributed by atoms with Crippen molar-refractivity contribution in [3.63, 3.8) is 0 Å². The van der Waals surface area contributed by atoms with Gasteiger partial charge in [0.05, 0.1) is 5.92 Å². The Balaban J connectivity index is 1.80. The number of carbonyl (C=O) groups excluding carboxylic acids is 1. The third-order valence-electron chi connectivity index (χ3n) is 4.74. The predicted molar refractivity (Wildman–Crippen MR) is 94.3 cm³/mol. The maximum absolute atomic E-state index is 13.7. The summed E-state index contributed by atoms with van der Waals surface area (Å²) in [5.41, 5.74) is 1.78. The lowest BCUT2D eigenvalue weighted by atomic mass is 9.88. The van der Waals surface area contributed by atoms with Gasteiger partial charge in [0.15, 0.2) is 11.6 Å².